The molecular formula is C12H21N3. The van der Waals surface area contributed by atoms with E-state index in [4.69, 9.17) is 0 Å². The molecule has 1 aliphatic carbocycles. The number of nitrogens with one attached hydrogen (secondary N) is 1. The van der Waals surface area contributed by atoms with Crippen LogP contribution >= 0.6 is 0 Å². The molecule has 0 saturated heterocycles. The summed E-state index contributed by atoms with van der Waals surface area (Å²) < 4.78 is 1.97. The summed E-state index contributed by atoms with van der Waals surface area (Å²) in [6, 6.07) is 0.656. The molecule has 3 heteroatoms. The summed E-state index contributed by atoms with van der Waals surface area (Å²) >= 11 is 0. The largest absolute Gasteiger partial charge is 0.310 e. The van der Waals surface area contributed by atoms with Crippen LogP contribution in [0.3, 0.4) is 0 Å². The van der Waals surface area contributed by atoms with Crippen LogP contribution in [-0.4, -0.2) is 15.8 Å². The fourth-order valence-electron chi connectivity index (χ4n) is 2.10. The van der Waals surface area contributed by atoms with Crippen LogP contribution in [0.2, 0.25) is 0 Å². The van der Waals surface area contributed by atoms with Gasteiger partial charge in [-0.15, -0.1) is 0 Å². The molecule has 1 aromatic heterocycles. The van der Waals surface area contributed by atoms with Gasteiger partial charge in [-0.1, -0.05) is 0 Å². The maximum atomic E-state index is 4.43. The molecule has 0 aromatic carbocycles. The number of nitrogens with zero attached hydrogens (tertiary/aromatic N) is 2. The van der Waals surface area contributed by atoms with Crippen LogP contribution in [0, 0.1) is 19.8 Å². The van der Waals surface area contributed by atoms with E-state index in [1.807, 2.05) is 11.7 Å². The highest BCUT2D eigenvalue weighted by atomic mass is 15.3. The summed E-state index contributed by atoms with van der Waals surface area (Å²) in [7, 11) is 2.01. The lowest BCUT2D eigenvalue weighted by Crippen LogP contribution is -2.27. The van der Waals surface area contributed by atoms with Gasteiger partial charge in [-0.05, 0) is 39.5 Å². The Kier molecular flexibility index (Phi) is 2.83. The second kappa shape index (κ2) is 3.97. The predicted molar refractivity (Wildman–Crippen MR) is 61.7 cm³/mol. The van der Waals surface area contributed by atoms with E-state index in [0.29, 0.717) is 6.04 Å². The molecule has 0 amide bonds. The zero-order valence-electron chi connectivity index (χ0n) is 10.2. The minimum absolute atomic E-state index is 0.656. The lowest BCUT2D eigenvalue weighted by atomic mass is 10.1. The van der Waals surface area contributed by atoms with E-state index in [9.17, 15) is 0 Å². The summed E-state index contributed by atoms with van der Waals surface area (Å²) in [6.45, 7) is 7.48. The van der Waals surface area contributed by atoms with Crippen molar-refractivity contribution in [2.45, 2.75) is 46.2 Å². The predicted octanol–water partition coefficient (Wildman–Crippen LogP) is 1.93. The highest BCUT2D eigenvalue weighted by molar-refractivity contribution is 5.24. The summed E-state index contributed by atoms with van der Waals surface area (Å²) in [5, 5.41) is 8.03. The highest BCUT2D eigenvalue weighted by Crippen LogP contribution is 2.32. The van der Waals surface area contributed by atoms with Crippen molar-refractivity contribution in [1.82, 2.24) is 15.1 Å². The molecule has 2 rings (SSSR count). The van der Waals surface area contributed by atoms with Crippen LogP contribution in [-0.2, 0) is 13.6 Å². The summed E-state index contributed by atoms with van der Waals surface area (Å²) in [4.78, 5) is 0. The minimum atomic E-state index is 0.656. The Balaban J connectivity index is 1.97. The first-order chi connectivity index (χ1) is 7.09. The third-order valence-corrected chi connectivity index (χ3v) is 3.59. The maximum absolute atomic E-state index is 4.43. The average molecular weight is 207 g/mol. The SMILES string of the molecule is Cc1nn(C)c(C)c1CNC(C)C1CC1. The van der Waals surface area contributed by atoms with Gasteiger partial charge in [0.05, 0.1) is 5.69 Å². The number of aryl methyl sites for hydroxylation is 2. The second-order valence-corrected chi connectivity index (χ2v) is 4.78. The third-order valence-electron chi connectivity index (χ3n) is 3.59. The van der Waals surface area contributed by atoms with E-state index in [1.54, 1.807) is 0 Å². The van der Waals surface area contributed by atoms with Gasteiger partial charge >= 0.3 is 0 Å². The molecule has 1 N–H and O–H groups in total. The molecule has 15 heavy (non-hydrogen) atoms. The quantitative estimate of drug-likeness (QED) is 0.817. The molecule has 1 unspecified atom stereocenters. The standard InChI is InChI=1S/C12H21N3/c1-8(11-5-6-11)13-7-12-9(2)14-15(4)10(12)3/h8,11,13H,5-7H2,1-4H3. The molecular weight excluding hydrogens is 186 g/mol. The summed E-state index contributed by atoms with van der Waals surface area (Å²) in [5.41, 5.74) is 3.80. The molecule has 1 atom stereocenters. The van der Waals surface area contributed by atoms with E-state index in [-0.39, 0.29) is 0 Å². The normalized spacial score (nSPS) is 18.1. The van der Waals surface area contributed by atoms with Gasteiger partial charge in [-0.25, -0.2) is 0 Å². The van der Waals surface area contributed by atoms with Crippen molar-refractivity contribution < 1.29 is 0 Å². The van der Waals surface area contributed by atoms with Crippen molar-refractivity contribution in [3.63, 3.8) is 0 Å². The second-order valence-electron chi connectivity index (χ2n) is 4.78. The molecule has 1 aromatic rings. The van der Waals surface area contributed by atoms with Crippen LogP contribution in [0.1, 0.15) is 36.7 Å². The molecule has 1 aliphatic rings. The molecule has 0 radical (unpaired) electrons. The Bertz CT molecular complexity index is 350. The van der Waals surface area contributed by atoms with Gasteiger partial charge in [-0.3, -0.25) is 4.68 Å². The van der Waals surface area contributed by atoms with E-state index in [0.717, 1.165) is 18.2 Å². The Morgan fingerprint density at radius 1 is 1.47 bits per heavy atom. The molecule has 0 spiro atoms. The summed E-state index contributed by atoms with van der Waals surface area (Å²) in [6.07, 6.45) is 2.80. The molecule has 0 bridgehead atoms. The van der Waals surface area contributed by atoms with Gasteiger partial charge in [0.15, 0.2) is 0 Å². The zero-order chi connectivity index (χ0) is 11.0. The fourth-order valence-corrected chi connectivity index (χ4v) is 2.10. The van der Waals surface area contributed by atoms with Crippen molar-refractivity contribution >= 4 is 0 Å². The number of aromatic nitrogens is 2. The molecule has 1 saturated carbocycles. The Morgan fingerprint density at radius 3 is 2.60 bits per heavy atom. The molecule has 1 fully saturated rings. The first-order valence-electron chi connectivity index (χ1n) is 5.82. The highest BCUT2D eigenvalue weighted by Gasteiger charge is 2.27. The van der Waals surface area contributed by atoms with Gasteiger partial charge in [0.25, 0.3) is 0 Å². The lowest BCUT2D eigenvalue weighted by Gasteiger charge is -2.12. The van der Waals surface area contributed by atoms with E-state index < -0.39 is 0 Å². The van der Waals surface area contributed by atoms with Gasteiger partial charge in [-0.2, -0.15) is 5.10 Å². The monoisotopic (exact) mass is 207 g/mol. The van der Waals surface area contributed by atoms with Crippen LogP contribution in [0.25, 0.3) is 0 Å². The first kappa shape index (κ1) is 10.7. The summed E-state index contributed by atoms with van der Waals surface area (Å²) in [5.74, 6) is 0.919. The van der Waals surface area contributed by atoms with Crippen LogP contribution in [0.4, 0.5) is 0 Å². The van der Waals surface area contributed by atoms with E-state index in [2.05, 4.69) is 31.2 Å². The van der Waals surface area contributed by atoms with E-state index >= 15 is 0 Å². The maximum Gasteiger partial charge on any atom is 0.0641 e. The molecule has 1 heterocycles. The molecule has 3 nitrogen and oxygen atoms in total. The van der Waals surface area contributed by atoms with Crippen molar-refractivity contribution in [2.24, 2.45) is 13.0 Å². The number of rotatable bonds is 4. The third kappa shape index (κ3) is 2.23. The van der Waals surface area contributed by atoms with Crippen molar-refractivity contribution in [3.05, 3.63) is 17.0 Å². The molecule has 84 valence electrons. The van der Waals surface area contributed by atoms with Crippen molar-refractivity contribution in [2.75, 3.05) is 0 Å². The Morgan fingerprint density at radius 2 is 2.13 bits per heavy atom. The van der Waals surface area contributed by atoms with Crippen LogP contribution in [0.15, 0.2) is 0 Å². The average Bonchev–Trinajstić information content (AvgIpc) is 2.96. The number of hydrogen-bond acceptors (Lipinski definition) is 2. The van der Waals surface area contributed by atoms with Gasteiger partial charge in [0, 0.05) is 30.9 Å². The zero-order valence-corrected chi connectivity index (χ0v) is 10.2. The van der Waals surface area contributed by atoms with Gasteiger partial charge in [0.1, 0.15) is 0 Å². The lowest BCUT2D eigenvalue weighted by molar-refractivity contribution is 0.494. The Hall–Kier alpha value is -0.830. The van der Waals surface area contributed by atoms with Gasteiger partial charge in [0.2, 0.25) is 0 Å². The molecule has 0 aliphatic heterocycles. The van der Waals surface area contributed by atoms with Gasteiger partial charge < -0.3 is 5.32 Å². The van der Waals surface area contributed by atoms with Crippen molar-refractivity contribution in [3.8, 4) is 0 Å². The van der Waals surface area contributed by atoms with Crippen molar-refractivity contribution in [1.29, 1.82) is 0 Å². The van der Waals surface area contributed by atoms with Crippen LogP contribution in [0.5, 0.6) is 0 Å². The fraction of sp³-hybridized carbons (Fsp3) is 0.750. The first-order valence-corrected chi connectivity index (χ1v) is 5.82. The Labute approximate surface area is 91.9 Å². The number of hydrogen-bond donors (Lipinski definition) is 1. The van der Waals surface area contributed by atoms with E-state index in [1.165, 1.54) is 24.1 Å². The topological polar surface area (TPSA) is 29.9 Å². The van der Waals surface area contributed by atoms with Crippen LogP contribution < -0.4 is 5.32 Å². The minimum Gasteiger partial charge on any atom is -0.310 e. The smallest absolute Gasteiger partial charge is 0.0641 e.